The highest BCUT2D eigenvalue weighted by Gasteiger charge is 2.27. The smallest absolute Gasteiger partial charge is 0.203 e. The molecule has 16 heavy (non-hydrogen) atoms. The molecule has 0 bridgehead atoms. The monoisotopic (exact) mass is 219 g/mol. The largest absolute Gasteiger partial charge is 0.353 e. The molecule has 1 aromatic heterocycles. The van der Waals surface area contributed by atoms with Gasteiger partial charge in [0.1, 0.15) is 0 Å². The Labute approximate surface area is 97.3 Å². The van der Waals surface area contributed by atoms with Crippen molar-refractivity contribution in [3.63, 3.8) is 0 Å². The van der Waals surface area contributed by atoms with E-state index >= 15 is 0 Å². The average Bonchev–Trinajstić information content (AvgIpc) is 2.83. The van der Waals surface area contributed by atoms with E-state index in [1.54, 1.807) is 0 Å². The molecule has 2 saturated carbocycles. The van der Waals surface area contributed by atoms with Crippen LogP contribution >= 0.6 is 0 Å². The van der Waals surface area contributed by atoms with E-state index in [1.807, 2.05) is 6.20 Å². The third kappa shape index (κ3) is 1.95. The Morgan fingerprint density at radius 2 is 2.06 bits per heavy atom. The molecule has 1 heterocycles. The summed E-state index contributed by atoms with van der Waals surface area (Å²) in [5.74, 6) is 1.94. The molecule has 2 fully saturated rings. The molecule has 0 spiro atoms. The Balaban J connectivity index is 1.65. The molecular formula is C13H21N3. The predicted octanol–water partition coefficient (Wildman–Crippen LogP) is 3.21. The summed E-state index contributed by atoms with van der Waals surface area (Å²) in [6.45, 7) is 2.31. The van der Waals surface area contributed by atoms with Gasteiger partial charge in [-0.3, -0.25) is 0 Å². The Bertz CT molecular complexity index is 348. The molecule has 0 aromatic carbocycles. The number of hydrogen-bond acceptors (Lipinski definition) is 2. The molecule has 3 rings (SSSR count). The van der Waals surface area contributed by atoms with Gasteiger partial charge in [-0.15, -0.1) is 0 Å². The molecule has 88 valence electrons. The lowest BCUT2D eigenvalue weighted by Crippen LogP contribution is -2.25. The highest BCUT2D eigenvalue weighted by molar-refractivity contribution is 5.29. The van der Waals surface area contributed by atoms with Crippen molar-refractivity contribution in [2.45, 2.75) is 57.5 Å². The van der Waals surface area contributed by atoms with Crippen molar-refractivity contribution in [3.8, 4) is 0 Å². The third-order valence-electron chi connectivity index (χ3n) is 4.07. The van der Waals surface area contributed by atoms with Gasteiger partial charge in [-0.25, -0.2) is 4.98 Å². The minimum atomic E-state index is 0.572. The van der Waals surface area contributed by atoms with Gasteiger partial charge in [-0.2, -0.15) is 0 Å². The number of rotatable bonds is 4. The van der Waals surface area contributed by atoms with Crippen LogP contribution in [0.1, 0.15) is 51.5 Å². The first-order valence-corrected chi connectivity index (χ1v) is 6.64. The zero-order chi connectivity index (χ0) is 11.0. The molecular weight excluding hydrogens is 198 g/mol. The van der Waals surface area contributed by atoms with Crippen molar-refractivity contribution in [2.24, 2.45) is 5.92 Å². The SMILES string of the molecule is CC(Nc1nccn1C1CC1)C1CCCC1. The van der Waals surface area contributed by atoms with Crippen LogP contribution in [0.25, 0.3) is 0 Å². The maximum atomic E-state index is 4.44. The molecule has 3 nitrogen and oxygen atoms in total. The molecule has 0 amide bonds. The van der Waals surface area contributed by atoms with Crippen molar-refractivity contribution in [2.75, 3.05) is 5.32 Å². The van der Waals surface area contributed by atoms with Gasteiger partial charge in [-0.1, -0.05) is 12.8 Å². The summed E-state index contributed by atoms with van der Waals surface area (Å²) in [6.07, 6.45) is 12.3. The first kappa shape index (κ1) is 10.2. The van der Waals surface area contributed by atoms with E-state index in [0.717, 1.165) is 17.9 Å². The standard InChI is InChI=1S/C13H21N3/c1-10(11-4-2-3-5-11)15-13-14-8-9-16(13)12-6-7-12/h8-12H,2-7H2,1H3,(H,14,15). The van der Waals surface area contributed by atoms with Crippen LogP contribution in [-0.4, -0.2) is 15.6 Å². The number of nitrogens with one attached hydrogen (secondary N) is 1. The first-order chi connectivity index (χ1) is 7.84. The number of hydrogen-bond donors (Lipinski definition) is 1. The van der Waals surface area contributed by atoms with Gasteiger partial charge in [-0.05, 0) is 38.5 Å². The summed E-state index contributed by atoms with van der Waals surface area (Å²) in [4.78, 5) is 4.44. The van der Waals surface area contributed by atoms with Crippen molar-refractivity contribution < 1.29 is 0 Å². The number of anilines is 1. The molecule has 2 aliphatic rings. The highest BCUT2D eigenvalue weighted by atomic mass is 15.2. The summed E-state index contributed by atoms with van der Waals surface area (Å²) >= 11 is 0. The topological polar surface area (TPSA) is 29.9 Å². The molecule has 1 unspecified atom stereocenters. The second-order valence-electron chi connectivity index (χ2n) is 5.37. The van der Waals surface area contributed by atoms with Gasteiger partial charge in [0.25, 0.3) is 0 Å². The fourth-order valence-electron chi connectivity index (χ4n) is 2.85. The number of imidazole rings is 1. The molecule has 0 saturated heterocycles. The van der Waals surface area contributed by atoms with Crippen molar-refractivity contribution in [1.82, 2.24) is 9.55 Å². The van der Waals surface area contributed by atoms with E-state index < -0.39 is 0 Å². The Morgan fingerprint density at radius 1 is 1.31 bits per heavy atom. The number of aromatic nitrogens is 2. The minimum absolute atomic E-state index is 0.572. The lowest BCUT2D eigenvalue weighted by atomic mass is 10.0. The molecule has 1 aromatic rings. The Hall–Kier alpha value is -0.990. The fraction of sp³-hybridized carbons (Fsp3) is 0.769. The third-order valence-corrected chi connectivity index (χ3v) is 4.07. The summed E-state index contributed by atoms with van der Waals surface area (Å²) in [5.41, 5.74) is 0. The summed E-state index contributed by atoms with van der Waals surface area (Å²) < 4.78 is 2.31. The van der Waals surface area contributed by atoms with Gasteiger partial charge in [0, 0.05) is 24.5 Å². The molecule has 1 atom stereocenters. The molecule has 3 heteroatoms. The van der Waals surface area contributed by atoms with Crippen molar-refractivity contribution >= 4 is 5.95 Å². The van der Waals surface area contributed by atoms with Gasteiger partial charge < -0.3 is 9.88 Å². The van der Waals surface area contributed by atoms with E-state index in [0.29, 0.717) is 6.04 Å². The van der Waals surface area contributed by atoms with Gasteiger partial charge in [0.15, 0.2) is 0 Å². The van der Waals surface area contributed by atoms with Crippen LogP contribution in [0.4, 0.5) is 5.95 Å². The Morgan fingerprint density at radius 3 is 2.75 bits per heavy atom. The van der Waals surface area contributed by atoms with Crippen LogP contribution in [0.15, 0.2) is 12.4 Å². The predicted molar refractivity (Wildman–Crippen MR) is 65.5 cm³/mol. The fourth-order valence-corrected chi connectivity index (χ4v) is 2.85. The van der Waals surface area contributed by atoms with Crippen LogP contribution in [0, 0.1) is 5.92 Å². The molecule has 2 aliphatic carbocycles. The van der Waals surface area contributed by atoms with E-state index in [9.17, 15) is 0 Å². The van der Waals surface area contributed by atoms with E-state index in [4.69, 9.17) is 0 Å². The average molecular weight is 219 g/mol. The van der Waals surface area contributed by atoms with Crippen LogP contribution in [-0.2, 0) is 0 Å². The van der Waals surface area contributed by atoms with Gasteiger partial charge >= 0.3 is 0 Å². The summed E-state index contributed by atoms with van der Waals surface area (Å²) in [5, 5.41) is 3.61. The van der Waals surface area contributed by atoms with Crippen LogP contribution < -0.4 is 5.32 Å². The zero-order valence-electron chi connectivity index (χ0n) is 10.0. The maximum Gasteiger partial charge on any atom is 0.203 e. The summed E-state index contributed by atoms with van der Waals surface area (Å²) in [7, 11) is 0. The lowest BCUT2D eigenvalue weighted by Gasteiger charge is -2.21. The summed E-state index contributed by atoms with van der Waals surface area (Å²) in [6, 6.07) is 1.29. The maximum absolute atomic E-state index is 4.44. The van der Waals surface area contributed by atoms with Crippen LogP contribution in [0.2, 0.25) is 0 Å². The van der Waals surface area contributed by atoms with E-state index in [1.165, 1.54) is 38.5 Å². The first-order valence-electron chi connectivity index (χ1n) is 6.64. The van der Waals surface area contributed by atoms with Crippen LogP contribution in [0.3, 0.4) is 0 Å². The van der Waals surface area contributed by atoms with E-state index in [-0.39, 0.29) is 0 Å². The second kappa shape index (κ2) is 4.11. The van der Waals surface area contributed by atoms with E-state index in [2.05, 4.69) is 28.0 Å². The minimum Gasteiger partial charge on any atom is -0.353 e. The normalized spacial score (nSPS) is 23.6. The zero-order valence-corrected chi connectivity index (χ0v) is 10.0. The highest BCUT2D eigenvalue weighted by Crippen LogP contribution is 2.37. The quantitative estimate of drug-likeness (QED) is 0.842. The Kier molecular flexibility index (Phi) is 2.62. The van der Waals surface area contributed by atoms with Crippen LogP contribution in [0.5, 0.6) is 0 Å². The van der Waals surface area contributed by atoms with Crippen molar-refractivity contribution in [3.05, 3.63) is 12.4 Å². The van der Waals surface area contributed by atoms with Gasteiger partial charge in [0.2, 0.25) is 5.95 Å². The van der Waals surface area contributed by atoms with Crippen molar-refractivity contribution in [1.29, 1.82) is 0 Å². The second-order valence-corrected chi connectivity index (χ2v) is 5.37. The molecule has 0 aliphatic heterocycles. The van der Waals surface area contributed by atoms with Gasteiger partial charge in [0.05, 0.1) is 0 Å². The number of nitrogens with zero attached hydrogens (tertiary/aromatic N) is 2. The lowest BCUT2D eigenvalue weighted by molar-refractivity contribution is 0.477. The molecule has 1 N–H and O–H groups in total. The molecule has 0 radical (unpaired) electrons.